The van der Waals surface area contributed by atoms with Crippen LogP contribution in [0.5, 0.6) is 0 Å². The van der Waals surface area contributed by atoms with Gasteiger partial charge in [-0.25, -0.2) is 0 Å². The lowest BCUT2D eigenvalue weighted by atomic mass is 10.3. The van der Waals surface area contributed by atoms with Crippen molar-refractivity contribution in [3.63, 3.8) is 0 Å². The number of nitrogens with zero attached hydrogens (tertiary/aromatic N) is 1. The van der Waals surface area contributed by atoms with Gasteiger partial charge < -0.3 is 4.98 Å². The molecule has 3 nitrogen and oxygen atoms in total. The third-order valence-corrected chi connectivity index (χ3v) is 3.03. The van der Waals surface area contributed by atoms with E-state index in [4.69, 9.17) is 0 Å². The average molecular weight is 224 g/mol. The normalized spacial score (nSPS) is 10.5. The summed E-state index contributed by atoms with van der Waals surface area (Å²) >= 11 is 1.27. The third-order valence-electron chi connectivity index (χ3n) is 2.07. The van der Waals surface area contributed by atoms with E-state index in [9.17, 15) is 4.79 Å². The molecule has 0 aliphatic rings. The fourth-order valence-corrected chi connectivity index (χ4v) is 2.24. The molecule has 1 aromatic heterocycles. The van der Waals surface area contributed by atoms with Crippen LogP contribution in [-0.4, -0.2) is 23.0 Å². The zero-order valence-electron chi connectivity index (χ0n) is 8.95. The topological polar surface area (TPSA) is 36.1 Å². The van der Waals surface area contributed by atoms with Crippen LogP contribution in [0.25, 0.3) is 0 Å². The molecule has 0 fully saturated rings. The van der Waals surface area contributed by atoms with Crippen molar-refractivity contribution < 1.29 is 0 Å². The number of aromatic amines is 1. The molecule has 0 atom stereocenters. The van der Waals surface area contributed by atoms with Crippen LogP contribution in [-0.2, 0) is 6.54 Å². The van der Waals surface area contributed by atoms with Crippen molar-refractivity contribution in [1.29, 1.82) is 0 Å². The molecule has 82 valence electrons. The fourth-order valence-electron chi connectivity index (χ4n) is 1.36. The van der Waals surface area contributed by atoms with Crippen LogP contribution in [0, 0.1) is 6.92 Å². The molecule has 0 saturated carbocycles. The Bertz CT molecular complexity index is 382. The van der Waals surface area contributed by atoms with E-state index in [0.29, 0.717) is 0 Å². The van der Waals surface area contributed by atoms with Crippen molar-refractivity contribution in [3.05, 3.63) is 45.5 Å². The Labute approximate surface area is 93.8 Å². The van der Waals surface area contributed by atoms with E-state index in [2.05, 4.69) is 23.0 Å². The summed E-state index contributed by atoms with van der Waals surface area (Å²) in [4.78, 5) is 17.2. The van der Waals surface area contributed by atoms with Crippen LogP contribution in [0.4, 0.5) is 0 Å². The monoisotopic (exact) mass is 224 g/mol. The van der Waals surface area contributed by atoms with Crippen LogP contribution in [0.2, 0.25) is 0 Å². The van der Waals surface area contributed by atoms with Gasteiger partial charge in [-0.2, -0.15) is 0 Å². The van der Waals surface area contributed by atoms with Crippen LogP contribution in [0.15, 0.2) is 30.1 Å². The quantitative estimate of drug-likeness (QED) is 0.749. The maximum Gasteiger partial charge on any atom is 0.304 e. The molecule has 1 rings (SSSR count). The third kappa shape index (κ3) is 3.49. The number of hydrogen-bond donors (Lipinski definition) is 1. The van der Waals surface area contributed by atoms with E-state index in [0.717, 1.165) is 30.2 Å². The predicted molar refractivity (Wildman–Crippen MR) is 65.3 cm³/mol. The van der Waals surface area contributed by atoms with E-state index in [1.54, 1.807) is 0 Å². The molecule has 4 heteroatoms. The summed E-state index contributed by atoms with van der Waals surface area (Å²) in [5, 5.41) is 0. The number of thiazole rings is 1. The predicted octanol–water partition coefficient (Wildman–Crippen LogP) is 1.92. The number of aryl methyl sites for hydroxylation is 1. The van der Waals surface area contributed by atoms with Crippen molar-refractivity contribution in [2.75, 3.05) is 13.1 Å². The first-order chi connectivity index (χ1) is 7.17. The zero-order chi connectivity index (χ0) is 11.3. The minimum absolute atomic E-state index is 0.0136. The molecule has 0 saturated heterocycles. The minimum atomic E-state index is 0.0136. The Hall–Kier alpha value is -1.13. The second-order valence-corrected chi connectivity index (χ2v) is 4.40. The van der Waals surface area contributed by atoms with E-state index < -0.39 is 0 Å². The van der Waals surface area contributed by atoms with Gasteiger partial charge in [0.25, 0.3) is 0 Å². The van der Waals surface area contributed by atoms with Crippen LogP contribution < -0.4 is 4.87 Å². The Kier molecular flexibility index (Phi) is 4.52. The highest BCUT2D eigenvalue weighted by Gasteiger charge is 2.08. The van der Waals surface area contributed by atoms with Gasteiger partial charge in [0.1, 0.15) is 0 Å². The second-order valence-electron chi connectivity index (χ2n) is 3.33. The molecule has 0 aromatic carbocycles. The number of rotatable bonds is 6. The Balaban J connectivity index is 2.72. The maximum absolute atomic E-state index is 11.1. The Morgan fingerprint density at radius 1 is 1.40 bits per heavy atom. The highest BCUT2D eigenvalue weighted by atomic mass is 32.1. The molecule has 1 aromatic rings. The highest BCUT2D eigenvalue weighted by Crippen LogP contribution is 2.11. The van der Waals surface area contributed by atoms with Crippen molar-refractivity contribution in [2.45, 2.75) is 13.5 Å². The first-order valence-electron chi connectivity index (χ1n) is 4.80. The van der Waals surface area contributed by atoms with Gasteiger partial charge in [-0.15, -0.1) is 13.2 Å². The van der Waals surface area contributed by atoms with E-state index >= 15 is 0 Å². The molecule has 0 aliphatic carbocycles. The Morgan fingerprint density at radius 2 is 2.00 bits per heavy atom. The van der Waals surface area contributed by atoms with Crippen molar-refractivity contribution in [3.8, 4) is 0 Å². The molecule has 15 heavy (non-hydrogen) atoms. The van der Waals surface area contributed by atoms with Gasteiger partial charge >= 0.3 is 4.87 Å². The largest absolute Gasteiger partial charge is 0.317 e. The van der Waals surface area contributed by atoms with Crippen molar-refractivity contribution in [1.82, 2.24) is 9.88 Å². The average Bonchev–Trinajstić information content (AvgIpc) is 2.46. The molecule has 0 aliphatic heterocycles. The number of nitrogens with one attached hydrogen (secondary N) is 1. The fraction of sp³-hybridized carbons (Fsp3) is 0.364. The van der Waals surface area contributed by atoms with Gasteiger partial charge in [0.15, 0.2) is 0 Å². The smallest absolute Gasteiger partial charge is 0.304 e. The SMILES string of the molecule is C=CCN(CC=C)Cc1sc(=O)[nH]c1C. The standard InChI is InChI=1S/C11H16N2OS/c1-4-6-13(7-5-2)8-10-9(3)12-11(14)15-10/h4-5H,1-2,6-8H2,3H3,(H,12,14). The van der Waals surface area contributed by atoms with Gasteiger partial charge in [-0.3, -0.25) is 9.69 Å². The van der Waals surface area contributed by atoms with Gasteiger partial charge in [-0.05, 0) is 6.92 Å². The molecule has 1 heterocycles. The van der Waals surface area contributed by atoms with Crippen LogP contribution >= 0.6 is 11.3 Å². The van der Waals surface area contributed by atoms with E-state index in [-0.39, 0.29) is 4.87 Å². The summed E-state index contributed by atoms with van der Waals surface area (Å²) in [6.07, 6.45) is 3.71. The maximum atomic E-state index is 11.1. The molecule has 0 radical (unpaired) electrons. The molecule has 1 N–H and O–H groups in total. The molecular weight excluding hydrogens is 208 g/mol. The first-order valence-corrected chi connectivity index (χ1v) is 5.61. The molecule has 0 amide bonds. The summed E-state index contributed by atoms with van der Waals surface area (Å²) in [5.74, 6) is 0. The van der Waals surface area contributed by atoms with Crippen molar-refractivity contribution >= 4 is 11.3 Å². The number of aromatic nitrogens is 1. The van der Waals surface area contributed by atoms with Crippen LogP contribution in [0.3, 0.4) is 0 Å². The van der Waals surface area contributed by atoms with Crippen molar-refractivity contribution in [2.24, 2.45) is 0 Å². The van der Waals surface area contributed by atoms with E-state index in [1.165, 1.54) is 11.3 Å². The lowest BCUT2D eigenvalue weighted by Crippen LogP contribution is -2.23. The number of hydrogen-bond acceptors (Lipinski definition) is 3. The van der Waals surface area contributed by atoms with E-state index in [1.807, 2.05) is 19.1 Å². The summed E-state index contributed by atoms with van der Waals surface area (Å²) in [6.45, 7) is 11.7. The van der Waals surface area contributed by atoms with Gasteiger partial charge in [0.05, 0.1) is 0 Å². The Morgan fingerprint density at radius 3 is 2.40 bits per heavy atom. The first kappa shape index (κ1) is 11.9. The molecule has 0 spiro atoms. The summed E-state index contributed by atoms with van der Waals surface area (Å²) in [6, 6.07) is 0. The molecular formula is C11H16N2OS. The lowest BCUT2D eigenvalue weighted by Gasteiger charge is -2.17. The lowest BCUT2D eigenvalue weighted by molar-refractivity contribution is 0.330. The second kappa shape index (κ2) is 5.68. The van der Waals surface area contributed by atoms with Gasteiger partial charge in [0.2, 0.25) is 0 Å². The summed E-state index contributed by atoms with van der Waals surface area (Å²) in [5.41, 5.74) is 0.961. The summed E-state index contributed by atoms with van der Waals surface area (Å²) < 4.78 is 0. The molecule has 0 bridgehead atoms. The highest BCUT2D eigenvalue weighted by molar-refractivity contribution is 7.09. The van der Waals surface area contributed by atoms with Gasteiger partial charge in [-0.1, -0.05) is 23.5 Å². The van der Waals surface area contributed by atoms with Crippen LogP contribution in [0.1, 0.15) is 10.6 Å². The summed E-state index contributed by atoms with van der Waals surface area (Å²) in [7, 11) is 0. The zero-order valence-corrected chi connectivity index (χ0v) is 9.77. The van der Waals surface area contributed by atoms with Gasteiger partial charge in [0, 0.05) is 30.2 Å². The molecule has 0 unspecified atom stereocenters. The number of H-pyrrole nitrogens is 1. The minimum Gasteiger partial charge on any atom is -0.317 e.